The molecule has 2 saturated heterocycles. The van der Waals surface area contributed by atoms with Gasteiger partial charge in [-0.1, -0.05) is 29.8 Å². The number of hydrogen-bond donors (Lipinski definition) is 1. The lowest BCUT2D eigenvalue weighted by molar-refractivity contribution is -0.126. The molecule has 7 heteroatoms. The fourth-order valence-corrected chi connectivity index (χ4v) is 5.86. The predicted octanol–water partition coefficient (Wildman–Crippen LogP) is 2.53. The normalized spacial score (nSPS) is 20.6. The highest BCUT2D eigenvalue weighted by Crippen LogP contribution is 2.22. The summed E-state index contributed by atoms with van der Waals surface area (Å²) < 4.78 is 27.0. The summed E-state index contributed by atoms with van der Waals surface area (Å²) in [6, 6.07) is 8.12. The molecule has 2 aliphatic rings. The van der Waals surface area contributed by atoms with Crippen LogP contribution in [0.1, 0.15) is 50.2 Å². The number of aryl methyl sites for hydroxylation is 1. The molecule has 29 heavy (non-hydrogen) atoms. The van der Waals surface area contributed by atoms with E-state index in [0.29, 0.717) is 38.5 Å². The van der Waals surface area contributed by atoms with Crippen LogP contribution in [-0.4, -0.2) is 62.3 Å². The second kappa shape index (κ2) is 10.0. The second-order valence-corrected chi connectivity index (χ2v) is 10.6. The van der Waals surface area contributed by atoms with Crippen molar-refractivity contribution in [3.63, 3.8) is 0 Å². The van der Waals surface area contributed by atoms with Gasteiger partial charge in [-0.15, -0.1) is 0 Å². The highest BCUT2D eigenvalue weighted by Gasteiger charge is 2.31. The molecule has 1 aromatic carbocycles. The minimum absolute atomic E-state index is 0.0263. The molecule has 1 N–H and O–H groups in total. The molecular weight excluding hydrogens is 386 g/mol. The van der Waals surface area contributed by atoms with Gasteiger partial charge in [0.05, 0.1) is 5.75 Å². The first-order valence-electron chi connectivity index (χ1n) is 10.9. The monoisotopic (exact) mass is 421 g/mol. The Kier molecular flexibility index (Phi) is 7.71. The van der Waals surface area contributed by atoms with Crippen molar-refractivity contribution in [2.75, 3.05) is 32.7 Å². The Bertz CT molecular complexity index is 765. The van der Waals surface area contributed by atoms with Crippen molar-refractivity contribution in [3.05, 3.63) is 35.4 Å². The average Bonchev–Trinajstić information content (AvgIpc) is 3.24. The predicted molar refractivity (Wildman–Crippen MR) is 116 cm³/mol. The fourth-order valence-electron chi connectivity index (χ4n) is 4.30. The number of amides is 1. The van der Waals surface area contributed by atoms with Crippen LogP contribution in [0.15, 0.2) is 24.3 Å². The molecule has 0 bridgehead atoms. The van der Waals surface area contributed by atoms with Gasteiger partial charge in [-0.25, -0.2) is 12.7 Å². The summed E-state index contributed by atoms with van der Waals surface area (Å²) in [6.45, 7) is 8.11. The van der Waals surface area contributed by atoms with Crippen molar-refractivity contribution in [2.45, 2.75) is 57.7 Å². The van der Waals surface area contributed by atoms with E-state index in [9.17, 15) is 13.2 Å². The largest absolute Gasteiger partial charge is 0.356 e. The second-order valence-electron chi connectivity index (χ2n) is 8.59. The topological polar surface area (TPSA) is 69.7 Å². The van der Waals surface area contributed by atoms with E-state index < -0.39 is 10.0 Å². The summed E-state index contributed by atoms with van der Waals surface area (Å²) in [5.41, 5.74) is 1.93. The number of carbonyl (C=O) groups excluding carboxylic acids is 1. The van der Waals surface area contributed by atoms with Crippen molar-refractivity contribution in [1.82, 2.24) is 14.5 Å². The third-order valence-corrected chi connectivity index (χ3v) is 8.16. The molecule has 1 unspecified atom stereocenters. The number of rotatable bonds is 8. The quantitative estimate of drug-likeness (QED) is 0.700. The van der Waals surface area contributed by atoms with Crippen LogP contribution in [0.25, 0.3) is 0 Å². The lowest BCUT2D eigenvalue weighted by Crippen LogP contribution is -2.44. The molecule has 2 aliphatic heterocycles. The maximum absolute atomic E-state index is 12.7. The van der Waals surface area contributed by atoms with Gasteiger partial charge in [-0.3, -0.25) is 4.79 Å². The van der Waals surface area contributed by atoms with E-state index in [1.54, 1.807) is 4.31 Å². The number of nitrogens with zero attached hydrogens (tertiary/aromatic N) is 2. The molecule has 1 atom stereocenters. The van der Waals surface area contributed by atoms with Gasteiger partial charge in [0, 0.05) is 31.6 Å². The van der Waals surface area contributed by atoms with Crippen LogP contribution in [0, 0.1) is 12.8 Å². The van der Waals surface area contributed by atoms with Gasteiger partial charge in [-0.05, 0) is 64.6 Å². The first-order chi connectivity index (χ1) is 13.8. The van der Waals surface area contributed by atoms with Crippen molar-refractivity contribution in [1.29, 1.82) is 0 Å². The number of piperidine rings is 1. The van der Waals surface area contributed by atoms with Crippen LogP contribution in [0.5, 0.6) is 0 Å². The fraction of sp³-hybridized carbons (Fsp3) is 0.682. The molecule has 0 saturated carbocycles. The van der Waals surface area contributed by atoms with E-state index >= 15 is 0 Å². The van der Waals surface area contributed by atoms with E-state index in [-0.39, 0.29) is 17.6 Å². The summed E-state index contributed by atoms with van der Waals surface area (Å²) in [4.78, 5) is 15.0. The molecule has 1 aromatic rings. The Balaban J connectivity index is 1.40. The number of sulfonamides is 1. The minimum atomic E-state index is -3.34. The van der Waals surface area contributed by atoms with Crippen LogP contribution in [0.4, 0.5) is 0 Å². The Hall–Kier alpha value is -1.44. The van der Waals surface area contributed by atoms with E-state index in [0.717, 1.165) is 17.5 Å². The third kappa shape index (κ3) is 6.27. The van der Waals surface area contributed by atoms with Crippen molar-refractivity contribution < 1.29 is 13.2 Å². The molecule has 2 heterocycles. The first kappa shape index (κ1) is 22.2. The number of benzene rings is 1. The van der Waals surface area contributed by atoms with E-state index in [1.165, 1.54) is 25.9 Å². The summed E-state index contributed by atoms with van der Waals surface area (Å²) in [5, 5.41) is 3.07. The SMILES string of the molecule is Cc1ccc(CS(=O)(=O)N2CCC(C(=O)NCCC(C)N3CCCC3)CC2)cc1. The van der Waals surface area contributed by atoms with E-state index in [1.807, 2.05) is 31.2 Å². The highest BCUT2D eigenvalue weighted by molar-refractivity contribution is 7.88. The maximum Gasteiger partial charge on any atom is 0.223 e. The van der Waals surface area contributed by atoms with Gasteiger partial charge in [0.25, 0.3) is 0 Å². The molecule has 0 aromatic heterocycles. The smallest absolute Gasteiger partial charge is 0.223 e. The van der Waals surface area contributed by atoms with Crippen molar-refractivity contribution >= 4 is 15.9 Å². The zero-order chi connectivity index (χ0) is 20.9. The number of hydrogen-bond acceptors (Lipinski definition) is 4. The summed E-state index contributed by atoms with van der Waals surface area (Å²) in [7, 11) is -3.34. The summed E-state index contributed by atoms with van der Waals surface area (Å²) >= 11 is 0. The average molecular weight is 422 g/mol. The summed E-state index contributed by atoms with van der Waals surface area (Å²) in [6.07, 6.45) is 4.72. The Morgan fingerprint density at radius 2 is 1.72 bits per heavy atom. The van der Waals surface area contributed by atoms with E-state index in [4.69, 9.17) is 0 Å². The van der Waals surface area contributed by atoms with Crippen LogP contribution in [-0.2, 0) is 20.6 Å². The minimum Gasteiger partial charge on any atom is -0.356 e. The van der Waals surface area contributed by atoms with Gasteiger partial charge in [0.15, 0.2) is 0 Å². The van der Waals surface area contributed by atoms with Gasteiger partial charge in [0.2, 0.25) is 15.9 Å². The molecule has 3 rings (SSSR count). The molecule has 1 amide bonds. The Morgan fingerprint density at radius 1 is 1.10 bits per heavy atom. The molecule has 2 fully saturated rings. The van der Waals surface area contributed by atoms with Crippen molar-refractivity contribution in [3.8, 4) is 0 Å². The van der Waals surface area contributed by atoms with Gasteiger partial charge in [0.1, 0.15) is 0 Å². The molecule has 0 spiro atoms. The molecular formula is C22H35N3O3S. The number of likely N-dealkylation sites (tertiary alicyclic amines) is 1. The number of nitrogens with one attached hydrogen (secondary N) is 1. The van der Waals surface area contributed by atoms with Crippen LogP contribution < -0.4 is 5.32 Å². The van der Waals surface area contributed by atoms with E-state index in [2.05, 4.69) is 17.1 Å². The van der Waals surface area contributed by atoms with Gasteiger partial charge < -0.3 is 10.2 Å². The molecule has 0 aliphatic carbocycles. The third-order valence-electron chi connectivity index (χ3n) is 6.31. The molecule has 0 radical (unpaired) electrons. The first-order valence-corrected chi connectivity index (χ1v) is 12.5. The highest BCUT2D eigenvalue weighted by atomic mass is 32.2. The van der Waals surface area contributed by atoms with Crippen LogP contribution in [0.2, 0.25) is 0 Å². The Labute approximate surface area is 175 Å². The number of carbonyl (C=O) groups is 1. The molecule has 6 nitrogen and oxygen atoms in total. The zero-order valence-electron chi connectivity index (χ0n) is 17.8. The van der Waals surface area contributed by atoms with Gasteiger partial charge >= 0.3 is 0 Å². The zero-order valence-corrected chi connectivity index (χ0v) is 18.6. The molecule has 162 valence electrons. The lowest BCUT2D eigenvalue weighted by atomic mass is 9.97. The maximum atomic E-state index is 12.7. The van der Waals surface area contributed by atoms with Crippen molar-refractivity contribution in [2.24, 2.45) is 5.92 Å². The van der Waals surface area contributed by atoms with Gasteiger partial charge in [-0.2, -0.15) is 0 Å². The lowest BCUT2D eigenvalue weighted by Gasteiger charge is -2.31. The van der Waals surface area contributed by atoms with Crippen LogP contribution in [0.3, 0.4) is 0 Å². The Morgan fingerprint density at radius 3 is 2.34 bits per heavy atom. The summed E-state index contributed by atoms with van der Waals surface area (Å²) in [5.74, 6) is 0.0237. The standard InChI is InChI=1S/C22H35N3O3S/c1-18-5-7-20(8-6-18)17-29(27,28)25-15-10-21(11-16-25)22(26)23-12-9-19(2)24-13-3-4-14-24/h5-8,19,21H,3-4,9-17H2,1-2H3,(H,23,26). The van der Waals surface area contributed by atoms with Crippen LogP contribution >= 0.6 is 0 Å².